The van der Waals surface area contributed by atoms with Crippen molar-refractivity contribution in [3.8, 4) is 0 Å². The van der Waals surface area contributed by atoms with E-state index in [2.05, 4.69) is 26.3 Å². The average Bonchev–Trinajstić information content (AvgIpc) is 2.87. The van der Waals surface area contributed by atoms with Gasteiger partial charge in [-0.05, 0) is 25.0 Å². The Hall–Kier alpha value is -1.62. The molecule has 0 radical (unpaired) electrons. The van der Waals surface area contributed by atoms with Gasteiger partial charge in [0.15, 0.2) is 5.13 Å². The summed E-state index contributed by atoms with van der Waals surface area (Å²) in [5, 5.41) is 2.75. The first-order valence-electron chi connectivity index (χ1n) is 6.20. The van der Waals surface area contributed by atoms with Crippen LogP contribution >= 0.6 is 11.3 Å². The molecule has 2 aromatic rings. The molecule has 1 saturated heterocycles. The van der Waals surface area contributed by atoms with E-state index in [0.29, 0.717) is 11.0 Å². The predicted octanol–water partition coefficient (Wildman–Crippen LogP) is 2.50. The van der Waals surface area contributed by atoms with Gasteiger partial charge in [-0.15, -0.1) is 11.3 Å². The zero-order valence-corrected chi connectivity index (χ0v) is 10.9. The number of anilines is 2. The first kappa shape index (κ1) is 11.5. The van der Waals surface area contributed by atoms with E-state index in [0.717, 1.165) is 24.6 Å². The third-order valence-electron chi connectivity index (χ3n) is 3.35. The van der Waals surface area contributed by atoms with Crippen LogP contribution < -0.4 is 10.6 Å². The van der Waals surface area contributed by atoms with Crippen molar-refractivity contribution in [1.29, 1.82) is 0 Å². The molecule has 4 nitrogen and oxygen atoms in total. The monoisotopic (exact) mass is 260 g/mol. The molecule has 0 aliphatic carbocycles. The number of rotatable bonds is 2. The summed E-state index contributed by atoms with van der Waals surface area (Å²) in [4.78, 5) is 11.2. The molecule has 1 fully saturated rings. The highest BCUT2D eigenvalue weighted by molar-refractivity contribution is 7.13. The highest BCUT2D eigenvalue weighted by atomic mass is 32.1. The number of nitrogen functional groups attached to an aromatic ring is 1. The molecule has 1 atom stereocenters. The van der Waals surface area contributed by atoms with Crippen LogP contribution in [0.3, 0.4) is 0 Å². The lowest BCUT2D eigenvalue weighted by Crippen LogP contribution is -2.34. The van der Waals surface area contributed by atoms with Crippen molar-refractivity contribution in [2.24, 2.45) is 0 Å². The van der Waals surface area contributed by atoms with Gasteiger partial charge < -0.3 is 10.6 Å². The molecule has 0 bridgehead atoms. The molecular weight excluding hydrogens is 244 g/mol. The van der Waals surface area contributed by atoms with E-state index < -0.39 is 0 Å². The minimum Gasteiger partial charge on any atom is -0.375 e. The highest BCUT2D eigenvalue weighted by Crippen LogP contribution is 2.30. The summed E-state index contributed by atoms with van der Waals surface area (Å²) in [6, 6.07) is 6.05. The number of nitrogens with zero attached hydrogens (tertiary/aromatic N) is 3. The first-order chi connectivity index (χ1) is 8.83. The van der Waals surface area contributed by atoms with Crippen molar-refractivity contribution in [2.75, 3.05) is 23.7 Å². The Morgan fingerprint density at radius 2 is 2.33 bits per heavy atom. The molecule has 94 valence electrons. The molecule has 18 heavy (non-hydrogen) atoms. The van der Waals surface area contributed by atoms with Crippen LogP contribution in [-0.4, -0.2) is 23.1 Å². The zero-order chi connectivity index (χ0) is 12.4. The van der Waals surface area contributed by atoms with Crippen molar-refractivity contribution in [3.05, 3.63) is 35.5 Å². The van der Waals surface area contributed by atoms with Crippen molar-refractivity contribution < 1.29 is 0 Å². The van der Waals surface area contributed by atoms with Gasteiger partial charge in [-0.1, -0.05) is 6.07 Å². The Morgan fingerprint density at radius 1 is 1.39 bits per heavy atom. The molecule has 5 heteroatoms. The normalized spacial score (nSPS) is 20.0. The fourth-order valence-corrected chi connectivity index (χ4v) is 3.10. The average molecular weight is 260 g/mol. The SMILES string of the molecule is Nc1nc([C@H]2CCCN(c3ccccn3)C2)cs1. The van der Waals surface area contributed by atoms with E-state index in [1.165, 1.54) is 24.2 Å². The van der Waals surface area contributed by atoms with Crippen LogP contribution in [0.2, 0.25) is 0 Å². The standard InChI is InChI=1S/C13H16N4S/c14-13-16-11(9-18-13)10-4-3-7-17(8-10)12-5-1-2-6-15-12/h1-2,5-6,9-10H,3-4,7-8H2,(H2,14,16)/t10-/m0/s1. The second-order valence-electron chi connectivity index (χ2n) is 4.58. The lowest BCUT2D eigenvalue weighted by molar-refractivity contribution is 0.500. The maximum Gasteiger partial charge on any atom is 0.180 e. The molecule has 0 spiro atoms. The van der Waals surface area contributed by atoms with E-state index >= 15 is 0 Å². The number of aromatic nitrogens is 2. The van der Waals surface area contributed by atoms with E-state index in [1.54, 1.807) is 0 Å². The Kier molecular flexibility index (Phi) is 3.15. The third-order valence-corrected chi connectivity index (χ3v) is 4.04. The van der Waals surface area contributed by atoms with Crippen LogP contribution in [-0.2, 0) is 0 Å². The maximum atomic E-state index is 5.71. The summed E-state index contributed by atoms with van der Waals surface area (Å²) >= 11 is 1.53. The van der Waals surface area contributed by atoms with Gasteiger partial charge in [-0.25, -0.2) is 9.97 Å². The van der Waals surface area contributed by atoms with E-state index in [9.17, 15) is 0 Å². The predicted molar refractivity (Wildman–Crippen MR) is 75.0 cm³/mol. The lowest BCUT2D eigenvalue weighted by Gasteiger charge is -2.32. The van der Waals surface area contributed by atoms with Gasteiger partial charge in [-0.2, -0.15) is 0 Å². The van der Waals surface area contributed by atoms with Crippen LogP contribution in [0.4, 0.5) is 10.9 Å². The smallest absolute Gasteiger partial charge is 0.180 e. The molecule has 0 amide bonds. The summed E-state index contributed by atoms with van der Waals surface area (Å²) in [7, 11) is 0. The minimum absolute atomic E-state index is 0.481. The molecule has 2 aromatic heterocycles. The van der Waals surface area contributed by atoms with Crippen LogP contribution in [0.25, 0.3) is 0 Å². The molecule has 1 aliphatic heterocycles. The van der Waals surface area contributed by atoms with Crippen LogP contribution in [0.1, 0.15) is 24.5 Å². The molecule has 0 aromatic carbocycles. The largest absolute Gasteiger partial charge is 0.375 e. The van der Waals surface area contributed by atoms with Crippen LogP contribution in [0, 0.1) is 0 Å². The van der Waals surface area contributed by atoms with Crippen molar-refractivity contribution in [1.82, 2.24) is 9.97 Å². The fourth-order valence-electron chi connectivity index (χ4n) is 2.46. The molecular formula is C13H16N4S. The minimum atomic E-state index is 0.481. The van der Waals surface area contributed by atoms with Gasteiger partial charge in [0.2, 0.25) is 0 Å². The Morgan fingerprint density at radius 3 is 3.06 bits per heavy atom. The van der Waals surface area contributed by atoms with Gasteiger partial charge in [0.05, 0.1) is 5.69 Å². The van der Waals surface area contributed by atoms with Crippen molar-refractivity contribution in [2.45, 2.75) is 18.8 Å². The molecule has 1 aliphatic rings. The Labute approximate surface area is 110 Å². The number of nitrogens with two attached hydrogens (primary N) is 1. The quantitative estimate of drug-likeness (QED) is 0.901. The topological polar surface area (TPSA) is 55.0 Å². The molecule has 0 unspecified atom stereocenters. The van der Waals surface area contributed by atoms with Crippen molar-refractivity contribution >= 4 is 22.3 Å². The third kappa shape index (κ3) is 2.31. The summed E-state index contributed by atoms with van der Waals surface area (Å²) in [5.41, 5.74) is 6.85. The molecule has 2 N–H and O–H groups in total. The molecule has 3 rings (SSSR count). The fraction of sp³-hybridized carbons (Fsp3) is 0.385. The van der Waals surface area contributed by atoms with Crippen LogP contribution in [0.5, 0.6) is 0 Å². The van der Waals surface area contributed by atoms with Crippen LogP contribution in [0.15, 0.2) is 29.8 Å². The molecule has 3 heterocycles. The number of hydrogen-bond acceptors (Lipinski definition) is 5. The number of pyridine rings is 1. The second-order valence-corrected chi connectivity index (χ2v) is 5.47. The second kappa shape index (κ2) is 4.94. The lowest BCUT2D eigenvalue weighted by atomic mass is 9.95. The van der Waals surface area contributed by atoms with Gasteiger partial charge in [0.1, 0.15) is 5.82 Å². The van der Waals surface area contributed by atoms with Gasteiger partial charge in [-0.3, -0.25) is 0 Å². The zero-order valence-electron chi connectivity index (χ0n) is 10.1. The van der Waals surface area contributed by atoms with E-state index in [4.69, 9.17) is 5.73 Å². The number of thiazole rings is 1. The Bertz CT molecular complexity index is 511. The number of piperidine rings is 1. The maximum absolute atomic E-state index is 5.71. The van der Waals surface area contributed by atoms with Gasteiger partial charge in [0, 0.05) is 30.6 Å². The highest BCUT2D eigenvalue weighted by Gasteiger charge is 2.23. The van der Waals surface area contributed by atoms with E-state index in [1.807, 2.05) is 18.3 Å². The van der Waals surface area contributed by atoms with Gasteiger partial charge >= 0.3 is 0 Å². The Balaban J connectivity index is 1.76. The van der Waals surface area contributed by atoms with E-state index in [-0.39, 0.29) is 0 Å². The summed E-state index contributed by atoms with van der Waals surface area (Å²) in [6.07, 6.45) is 4.21. The van der Waals surface area contributed by atoms with Gasteiger partial charge in [0.25, 0.3) is 0 Å². The number of hydrogen-bond donors (Lipinski definition) is 1. The first-order valence-corrected chi connectivity index (χ1v) is 7.08. The molecule has 0 saturated carbocycles. The summed E-state index contributed by atoms with van der Waals surface area (Å²) in [5.74, 6) is 1.54. The summed E-state index contributed by atoms with van der Waals surface area (Å²) in [6.45, 7) is 2.06. The van der Waals surface area contributed by atoms with Crippen molar-refractivity contribution in [3.63, 3.8) is 0 Å². The summed E-state index contributed by atoms with van der Waals surface area (Å²) < 4.78 is 0.